The van der Waals surface area contributed by atoms with Gasteiger partial charge in [-0.25, -0.2) is 4.98 Å². The molecular formula is C23H18N2O3. The molecule has 2 aromatic heterocycles. The molecule has 4 rings (SSSR count). The molecule has 5 heteroatoms. The Morgan fingerprint density at radius 2 is 1.79 bits per heavy atom. The highest BCUT2D eigenvalue weighted by Gasteiger charge is 2.22. The summed E-state index contributed by atoms with van der Waals surface area (Å²) in [6.07, 6.45) is 1.63. The molecule has 0 unspecified atom stereocenters. The Labute approximate surface area is 161 Å². The second-order valence-electron chi connectivity index (χ2n) is 6.54. The lowest BCUT2D eigenvalue weighted by Crippen LogP contribution is -2.31. The number of aryl methyl sites for hydroxylation is 1. The van der Waals surface area contributed by atoms with E-state index in [9.17, 15) is 9.59 Å². The first-order chi connectivity index (χ1) is 13.6. The fraction of sp³-hybridized carbons (Fsp3) is 0.0870. The maximum Gasteiger partial charge on any atom is 0.295 e. The number of carbonyl (C=O) groups excluding carboxylic acids is 1. The minimum absolute atomic E-state index is 0.00955. The summed E-state index contributed by atoms with van der Waals surface area (Å²) in [6, 6.07) is 21.5. The van der Waals surface area contributed by atoms with Crippen LogP contribution in [-0.4, -0.2) is 10.9 Å². The van der Waals surface area contributed by atoms with E-state index in [1.54, 1.807) is 30.5 Å². The molecule has 0 spiro atoms. The standard InChI is InChI=1S/C23H18N2O3/c1-16-10-11-18-19(26)14-21(28-20(18)13-16)23(27)25(22-9-5-6-12-24-22)15-17-7-3-2-4-8-17/h2-14H,15H2,1H3. The summed E-state index contributed by atoms with van der Waals surface area (Å²) in [6.45, 7) is 2.22. The van der Waals surface area contributed by atoms with Crippen molar-refractivity contribution < 1.29 is 9.21 Å². The molecule has 28 heavy (non-hydrogen) atoms. The molecule has 0 aliphatic carbocycles. The quantitative estimate of drug-likeness (QED) is 0.536. The van der Waals surface area contributed by atoms with Gasteiger partial charge in [0.2, 0.25) is 0 Å². The first-order valence-electron chi connectivity index (χ1n) is 8.93. The molecule has 5 nitrogen and oxygen atoms in total. The zero-order chi connectivity index (χ0) is 19.5. The molecule has 0 N–H and O–H groups in total. The van der Waals surface area contributed by atoms with Crippen LogP contribution in [0.15, 0.2) is 88.2 Å². The van der Waals surface area contributed by atoms with Crippen molar-refractivity contribution in [2.45, 2.75) is 13.5 Å². The van der Waals surface area contributed by atoms with Crippen molar-refractivity contribution in [2.75, 3.05) is 4.90 Å². The SMILES string of the molecule is Cc1ccc2c(=O)cc(C(=O)N(Cc3ccccc3)c3ccccn3)oc2c1. The fourth-order valence-electron chi connectivity index (χ4n) is 3.04. The average Bonchev–Trinajstić information content (AvgIpc) is 2.72. The molecule has 1 amide bonds. The van der Waals surface area contributed by atoms with Gasteiger partial charge < -0.3 is 4.42 Å². The van der Waals surface area contributed by atoms with Gasteiger partial charge in [0, 0.05) is 12.3 Å². The van der Waals surface area contributed by atoms with E-state index in [0.29, 0.717) is 23.3 Å². The summed E-state index contributed by atoms with van der Waals surface area (Å²) in [5.41, 5.74) is 2.05. The van der Waals surface area contributed by atoms with E-state index in [0.717, 1.165) is 11.1 Å². The Morgan fingerprint density at radius 1 is 1.00 bits per heavy atom. The molecule has 0 fully saturated rings. The van der Waals surface area contributed by atoms with Crippen LogP contribution in [0.2, 0.25) is 0 Å². The number of amides is 1. The topological polar surface area (TPSA) is 63.4 Å². The summed E-state index contributed by atoms with van der Waals surface area (Å²) in [5.74, 6) is 0.0658. The van der Waals surface area contributed by atoms with Gasteiger partial charge >= 0.3 is 0 Å². The Morgan fingerprint density at radius 3 is 2.54 bits per heavy atom. The second kappa shape index (κ2) is 7.48. The number of rotatable bonds is 4. The van der Waals surface area contributed by atoms with Gasteiger partial charge in [0.15, 0.2) is 11.2 Å². The zero-order valence-electron chi connectivity index (χ0n) is 15.3. The maximum absolute atomic E-state index is 13.3. The van der Waals surface area contributed by atoms with Gasteiger partial charge in [-0.1, -0.05) is 42.5 Å². The molecule has 4 aromatic rings. The highest BCUT2D eigenvalue weighted by atomic mass is 16.3. The lowest BCUT2D eigenvalue weighted by atomic mass is 10.1. The van der Waals surface area contributed by atoms with Gasteiger partial charge in [-0.05, 0) is 42.3 Å². The molecule has 2 heterocycles. The number of carbonyl (C=O) groups is 1. The third kappa shape index (κ3) is 3.55. The summed E-state index contributed by atoms with van der Waals surface area (Å²) in [5, 5.41) is 0.453. The van der Waals surface area contributed by atoms with Crippen molar-refractivity contribution >= 4 is 22.7 Å². The third-order valence-corrected chi connectivity index (χ3v) is 4.45. The van der Waals surface area contributed by atoms with Crippen molar-refractivity contribution in [2.24, 2.45) is 0 Å². The molecule has 0 saturated heterocycles. The van der Waals surface area contributed by atoms with Gasteiger partial charge in [0.25, 0.3) is 5.91 Å². The smallest absolute Gasteiger partial charge is 0.295 e. The summed E-state index contributed by atoms with van der Waals surface area (Å²) < 4.78 is 5.81. The summed E-state index contributed by atoms with van der Waals surface area (Å²) >= 11 is 0. The molecule has 0 saturated carbocycles. The average molecular weight is 370 g/mol. The molecule has 0 bridgehead atoms. The first-order valence-corrected chi connectivity index (χ1v) is 8.93. The van der Waals surface area contributed by atoms with E-state index in [-0.39, 0.29) is 11.2 Å². The van der Waals surface area contributed by atoms with E-state index in [1.165, 1.54) is 11.0 Å². The van der Waals surface area contributed by atoms with Crippen LogP contribution in [0.1, 0.15) is 21.7 Å². The molecule has 0 atom stereocenters. The van der Waals surface area contributed by atoms with Crippen LogP contribution in [0.3, 0.4) is 0 Å². The molecule has 138 valence electrons. The van der Waals surface area contributed by atoms with E-state index in [4.69, 9.17) is 4.42 Å². The van der Waals surface area contributed by atoms with Crippen molar-refractivity contribution in [1.82, 2.24) is 4.98 Å². The fourth-order valence-corrected chi connectivity index (χ4v) is 3.04. The van der Waals surface area contributed by atoms with Crippen molar-refractivity contribution in [3.63, 3.8) is 0 Å². The molecule has 0 aliphatic rings. The van der Waals surface area contributed by atoms with Crippen molar-refractivity contribution in [1.29, 1.82) is 0 Å². The Hall–Kier alpha value is -3.73. The minimum atomic E-state index is -0.414. The van der Waals surface area contributed by atoms with Gasteiger partial charge in [0.1, 0.15) is 11.4 Å². The normalized spacial score (nSPS) is 10.8. The van der Waals surface area contributed by atoms with Crippen LogP contribution < -0.4 is 10.3 Å². The highest BCUT2D eigenvalue weighted by molar-refractivity contribution is 6.04. The Bertz CT molecular complexity index is 1180. The van der Waals surface area contributed by atoms with E-state index in [2.05, 4.69) is 4.98 Å². The first kappa shape index (κ1) is 17.7. The summed E-state index contributed by atoms with van der Waals surface area (Å²) in [7, 11) is 0. The maximum atomic E-state index is 13.3. The lowest BCUT2D eigenvalue weighted by molar-refractivity contribution is 0.0958. The summed E-state index contributed by atoms with van der Waals surface area (Å²) in [4.78, 5) is 31.6. The lowest BCUT2D eigenvalue weighted by Gasteiger charge is -2.21. The minimum Gasteiger partial charge on any atom is -0.451 e. The van der Waals surface area contributed by atoms with E-state index in [1.807, 2.05) is 49.4 Å². The van der Waals surface area contributed by atoms with Gasteiger partial charge in [-0.15, -0.1) is 0 Å². The van der Waals surface area contributed by atoms with Crippen molar-refractivity contribution in [3.8, 4) is 0 Å². The predicted octanol–water partition coefficient (Wildman–Crippen LogP) is 4.34. The van der Waals surface area contributed by atoms with E-state index >= 15 is 0 Å². The van der Waals surface area contributed by atoms with Crippen LogP contribution in [0.5, 0.6) is 0 Å². The number of aromatic nitrogens is 1. The number of benzene rings is 2. The largest absolute Gasteiger partial charge is 0.451 e. The number of fused-ring (bicyclic) bond motifs is 1. The van der Waals surface area contributed by atoms with Crippen LogP contribution in [0.25, 0.3) is 11.0 Å². The van der Waals surface area contributed by atoms with Crippen LogP contribution in [0.4, 0.5) is 5.82 Å². The Kier molecular flexibility index (Phi) is 4.72. The molecule has 0 radical (unpaired) electrons. The van der Waals surface area contributed by atoms with Crippen molar-refractivity contribution in [3.05, 3.63) is 106 Å². The molecule has 0 aliphatic heterocycles. The number of hydrogen-bond acceptors (Lipinski definition) is 4. The Balaban J connectivity index is 1.79. The molecule has 2 aromatic carbocycles. The number of nitrogens with zero attached hydrogens (tertiary/aromatic N) is 2. The third-order valence-electron chi connectivity index (χ3n) is 4.45. The van der Waals surface area contributed by atoms with Crippen LogP contribution >= 0.6 is 0 Å². The highest BCUT2D eigenvalue weighted by Crippen LogP contribution is 2.20. The number of anilines is 1. The second-order valence-corrected chi connectivity index (χ2v) is 6.54. The van der Waals surface area contributed by atoms with Gasteiger partial charge in [-0.2, -0.15) is 0 Å². The van der Waals surface area contributed by atoms with Gasteiger partial charge in [0.05, 0.1) is 11.9 Å². The monoisotopic (exact) mass is 370 g/mol. The van der Waals surface area contributed by atoms with Gasteiger partial charge in [-0.3, -0.25) is 14.5 Å². The number of pyridine rings is 1. The van der Waals surface area contributed by atoms with Crippen LogP contribution in [-0.2, 0) is 6.54 Å². The number of hydrogen-bond donors (Lipinski definition) is 0. The van der Waals surface area contributed by atoms with Crippen LogP contribution in [0, 0.1) is 6.92 Å². The van der Waals surface area contributed by atoms with E-state index < -0.39 is 5.91 Å². The molecular weight excluding hydrogens is 352 g/mol. The zero-order valence-corrected chi connectivity index (χ0v) is 15.3. The predicted molar refractivity (Wildman–Crippen MR) is 108 cm³/mol.